The fourth-order valence-corrected chi connectivity index (χ4v) is 3.68. The molecule has 0 aliphatic heterocycles. The van der Waals surface area contributed by atoms with E-state index in [1.165, 1.54) is 0 Å². The van der Waals surface area contributed by atoms with Crippen LogP contribution in [0, 0.1) is 5.92 Å². The first kappa shape index (κ1) is 18.3. The second-order valence-corrected chi connectivity index (χ2v) is 7.22. The van der Waals surface area contributed by atoms with Gasteiger partial charge in [-0.15, -0.1) is 0 Å². The second kappa shape index (κ2) is 5.78. The van der Waals surface area contributed by atoms with Gasteiger partial charge in [-0.25, -0.2) is 8.78 Å². The molecule has 0 atom stereocenters. The number of Topliss-reactive ketones (excluding diaryl/α,β-unsaturated/α-hetero) is 1. The highest BCUT2D eigenvalue weighted by atomic mass is 32.2. The third-order valence-corrected chi connectivity index (χ3v) is 4.86. The van der Waals surface area contributed by atoms with Crippen molar-refractivity contribution in [3.63, 3.8) is 0 Å². The summed E-state index contributed by atoms with van der Waals surface area (Å²) in [4.78, 5) is 11.2. The number of hydrogen-bond donors (Lipinski definition) is 0. The Kier molecular flexibility index (Phi) is 4.24. The molecule has 0 aromatic heterocycles. The fourth-order valence-electron chi connectivity index (χ4n) is 2.97. The van der Waals surface area contributed by atoms with Gasteiger partial charge >= 0.3 is 11.4 Å². The Balaban J connectivity index is 1.85. The third-order valence-electron chi connectivity index (χ3n) is 4.06. The Hall–Kier alpha value is -1.45. The molecule has 0 unspecified atom stereocenters. The van der Waals surface area contributed by atoms with E-state index in [2.05, 4.69) is 0 Å². The summed E-state index contributed by atoms with van der Waals surface area (Å²) in [6.07, 6.45) is -1.86. The summed E-state index contributed by atoms with van der Waals surface area (Å²) in [5, 5.41) is 0. The van der Waals surface area contributed by atoms with Crippen LogP contribution in [-0.2, 0) is 6.42 Å². The fraction of sp³-hybridized carbons (Fsp3) is 0.533. The van der Waals surface area contributed by atoms with Crippen molar-refractivity contribution in [1.29, 1.82) is 0 Å². The summed E-state index contributed by atoms with van der Waals surface area (Å²) in [6, 6.07) is 1.96. The van der Waals surface area contributed by atoms with E-state index in [-0.39, 0.29) is 17.9 Å². The molecule has 0 spiro atoms. The van der Waals surface area contributed by atoms with Crippen LogP contribution < -0.4 is 4.74 Å². The molecule has 1 fully saturated rings. The zero-order valence-corrected chi connectivity index (χ0v) is 13.2. The topological polar surface area (TPSA) is 26.3 Å². The van der Waals surface area contributed by atoms with Gasteiger partial charge in [0, 0.05) is 41.2 Å². The van der Waals surface area contributed by atoms with Crippen LogP contribution in [0.2, 0.25) is 0 Å². The number of rotatable bonds is 4. The molecule has 0 amide bonds. The summed E-state index contributed by atoms with van der Waals surface area (Å²) < 4.78 is 96.0. The third kappa shape index (κ3) is 3.73. The van der Waals surface area contributed by atoms with Crippen LogP contribution in [0.25, 0.3) is 0 Å². The van der Waals surface area contributed by atoms with E-state index in [0.29, 0.717) is 0 Å². The summed E-state index contributed by atoms with van der Waals surface area (Å²) in [7, 11) is 0. The average Bonchev–Trinajstić information content (AvgIpc) is 2.65. The van der Waals surface area contributed by atoms with Gasteiger partial charge in [0.05, 0.1) is 6.61 Å². The maximum Gasteiger partial charge on any atom is 0.446 e. The van der Waals surface area contributed by atoms with Gasteiger partial charge in [0.15, 0.2) is 0 Å². The normalized spacial score (nSPS) is 21.8. The maximum absolute atomic E-state index is 13.7. The SMILES string of the molecule is O=C1c2c(SC(F)(F)F)ccc(OCC3CC(F)(F)C3)c2CC1(F)F. The molecule has 0 bridgehead atoms. The lowest BCUT2D eigenvalue weighted by molar-refractivity contribution is -0.119. The first-order valence-electron chi connectivity index (χ1n) is 7.23. The lowest BCUT2D eigenvalue weighted by atomic mass is 9.82. The zero-order valence-electron chi connectivity index (χ0n) is 12.4. The molecule has 138 valence electrons. The van der Waals surface area contributed by atoms with Crippen molar-refractivity contribution in [3.8, 4) is 5.75 Å². The molecule has 1 aromatic carbocycles. The minimum absolute atomic E-state index is 0.165. The number of halogens is 7. The van der Waals surface area contributed by atoms with Crippen molar-refractivity contribution in [2.24, 2.45) is 5.92 Å². The van der Waals surface area contributed by atoms with Crippen molar-refractivity contribution < 1.29 is 40.3 Å². The second-order valence-electron chi connectivity index (χ2n) is 6.11. The highest BCUT2D eigenvalue weighted by molar-refractivity contribution is 8.00. The number of hydrogen-bond acceptors (Lipinski definition) is 3. The Labute approximate surface area is 141 Å². The molecular formula is C15H11F7O2S. The van der Waals surface area contributed by atoms with Gasteiger partial charge in [0.25, 0.3) is 0 Å². The van der Waals surface area contributed by atoms with Gasteiger partial charge in [-0.3, -0.25) is 4.79 Å². The van der Waals surface area contributed by atoms with Gasteiger partial charge in [-0.2, -0.15) is 22.0 Å². The quantitative estimate of drug-likeness (QED) is 0.531. The number of benzene rings is 1. The predicted octanol–water partition coefficient (Wildman–Crippen LogP) is 5.10. The number of ketones is 1. The Morgan fingerprint density at radius 3 is 2.36 bits per heavy atom. The number of ether oxygens (including phenoxy) is 1. The molecule has 1 saturated carbocycles. The van der Waals surface area contributed by atoms with Gasteiger partial charge in [-0.1, -0.05) is 0 Å². The minimum Gasteiger partial charge on any atom is -0.493 e. The van der Waals surface area contributed by atoms with E-state index in [1.807, 2.05) is 0 Å². The van der Waals surface area contributed by atoms with E-state index < -0.39 is 70.5 Å². The van der Waals surface area contributed by atoms with Crippen LogP contribution in [0.5, 0.6) is 5.75 Å². The number of thioether (sulfide) groups is 1. The van der Waals surface area contributed by atoms with Crippen molar-refractivity contribution in [3.05, 3.63) is 23.3 Å². The first-order valence-corrected chi connectivity index (χ1v) is 8.04. The number of carbonyl (C=O) groups is 1. The Morgan fingerprint density at radius 2 is 1.80 bits per heavy atom. The maximum atomic E-state index is 13.7. The van der Waals surface area contributed by atoms with Crippen LogP contribution >= 0.6 is 11.8 Å². The van der Waals surface area contributed by atoms with E-state index >= 15 is 0 Å². The van der Waals surface area contributed by atoms with Gasteiger partial charge in [0.1, 0.15) is 5.75 Å². The van der Waals surface area contributed by atoms with Crippen LogP contribution in [0.3, 0.4) is 0 Å². The van der Waals surface area contributed by atoms with Crippen molar-refractivity contribution in [2.45, 2.75) is 41.5 Å². The Bertz CT molecular complexity index is 707. The van der Waals surface area contributed by atoms with Gasteiger partial charge in [-0.05, 0) is 23.9 Å². The standard InChI is InChI=1S/C15H11F7O2S/c16-13(17)3-7(4-13)6-24-9-1-2-10(25-15(20,21)22)11-8(9)5-14(18,19)12(11)23/h1-2,7H,3-6H2. The summed E-state index contributed by atoms with van der Waals surface area (Å²) in [5.41, 5.74) is -5.76. The van der Waals surface area contributed by atoms with Crippen molar-refractivity contribution >= 4 is 17.5 Å². The number of carbonyl (C=O) groups excluding carboxylic acids is 1. The molecule has 0 saturated heterocycles. The average molecular weight is 388 g/mol. The highest BCUT2D eigenvalue weighted by Crippen LogP contribution is 2.48. The molecule has 2 nitrogen and oxygen atoms in total. The molecule has 3 rings (SSSR count). The van der Waals surface area contributed by atoms with Gasteiger partial charge < -0.3 is 4.74 Å². The molecule has 1 aromatic rings. The number of alkyl halides is 7. The molecule has 0 radical (unpaired) electrons. The van der Waals surface area contributed by atoms with Gasteiger partial charge in [0.2, 0.25) is 11.7 Å². The van der Waals surface area contributed by atoms with Crippen LogP contribution in [0.1, 0.15) is 28.8 Å². The van der Waals surface area contributed by atoms with Crippen molar-refractivity contribution in [1.82, 2.24) is 0 Å². The molecule has 25 heavy (non-hydrogen) atoms. The van der Waals surface area contributed by atoms with E-state index in [0.717, 1.165) is 12.1 Å². The summed E-state index contributed by atoms with van der Waals surface area (Å²) in [6.45, 7) is -0.173. The van der Waals surface area contributed by atoms with E-state index in [9.17, 15) is 35.5 Å². The smallest absolute Gasteiger partial charge is 0.446 e. The monoisotopic (exact) mass is 388 g/mol. The van der Waals surface area contributed by atoms with Crippen molar-refractivity contribution in [2.75, 3.05) is 6.61 Å². The number of fused-ring (bicyclic) bond motifs is 1. The van der Waals surface area contributed by atoms with Crippen LogP contribution in [0.4, 0.5) is 30.7 Å². The molecular weight excluding hydrogens is 377 g/mol. The predicted molar refractivity (Wildman–Crippen MR) is 74.5 cm³/mol. The lowest BCUT2D eigenvalue weighted by Crippen LogP contribution is -2.38. The molecule has 10 heteroatoms. The van der Waals surface area contributed by atoms with E-state index in [4.69, 9.17) is 4.74 Å². The first-order chi connectivity index (χ1) is 11.4. The largest absolute Gasteiger partial charge is 0.493 e. The highest BCUT2D eigenvalue weighted by Gasteiger charge is 2.51. The zero-order chi connectivity index (χ0) is 18.6. The summed E-state index contributed by atoms with van der Waals surface area (Å²) >= 11 is -0.650. The summed E-state index contributed by atoms with van der Waals surface area (Å²) in [5.74, 6) is -8.90. The molecule has 2 aliphatic carbocycles. The minimum atomic E-state index is -4.74. The lowest BCUT2D eigenvalue weighted by Gasteiger charge is -2.34. The van der Waals surface area contributed by atoms with Crippen LogP contribution in [0.15, 0.2) is 17.0 Å². The van der Waals surface area contributed by atoms with Crippen LogP contribution in [-0.4, -0.2) is 29.7 Å². The Morgan fingerprint density at radius 1 is 1.16 bits per heavy atom. The molecule has 0 N–H and O–H groups in total. The molecule has 0 heterocycles. The molecule has 2 aliphatic rings. The van der Waals surface area contributed by atoms with E-state index in [1.54, 1.807) is 0 Å².